The van der Waals surface area contributed by atoms with Gasteiger partial charge in [0.25, 0.3) is 0 Å². The molecule has 1 rings (SSSR count). The summed E-state index contributed by atoms with van der Waals surface area (Å²) >= 11 is 0. The number of likely N-dealkylation sites (tertiary alicyclic amines) is 1. The molecule has 1 aliphatic rings. The molecule has 1 heterocycles. The zero-order valence-corrected chi connectivity index (χ0v) is 8.67. The molecule has 0 amide bonds. The van der Waals surface area contributed by atoms with E-state index in [9.17, 15) is 0 Å². The van der Waals surface area contributed by atoms with Gasteiger partial charge < -0.3 is 9.80 Å². The quantitative estimate of drug-likeness (QED) is 0.564. The van der Waals surface area contributed by atoms with Crippen LogP contribution in [-0.4, -0.2) is 44.0 Å². The first-order valence-corrected chi connectivity index (χ1v) is 4.63. The van der Waals surface area contributed by atoms with E-state index in [0.717, 1.165) is 31.6 Å². The van der Waals surface area contributed by atoms with Crippen LogP contribution in [0.5, 0.6) is 0 Å². The Labute approximate surface area is 80.2 Å². The molecule has 0 N–H and O–H groups in total. The minimum absolute atomic E-state index is 0.855. The van der Waals surface area contributed by atoms with Crippen molar-refractivity contribution in [2.75, 3.05) is 34.2 Å². The highest BCUT2D eigenvalue weighted by Gasteiger charge is 2.14. The summed E-state index contributed by atoms with van der Waals surface area (Å²) in [6.45, 7) is 2.16. The van der Waals surface area contributed by atoms with Gasteiger partial charge in [0.15, 0.2) is 0 Å². The van der Waals surface area contributed by atoms with E-state index in [2.05, 4.69) is 18.0 Å². The number of hydrogen-bond donors (Lipinski definition) is 0. The molecule has 0 bridgehead atoms. The fourth-order valence-corrected chi connectivity index (χ4v) is 1.62. The Kier molecular flexibility index (Phi) is 3.32. The van der Waals surface area contributed by atoms with Gasteiger partial charge in [-0.15, -0.1) is 0 Å². The van der Waals surface area contributed by atoms with E-state index >= 15 is 0 Å². The molecule has 0 aliphatic carbocycles. The van der Waals surface area contributed by atoms with E-state index in [4.69, 9.17) is 5.26 Å². The molecule has 0 unspecified atom stereocenters. The van der Waals surface area contributed by atoms with E-state index in [1.54, 1.807) is 0 Å². The van der Waals surface area contributed by atoms with Gasteiger partial charge in [-0.25, -0.2) is 0 Å². The molecule has 3 heteroatoms. The van der Waals surface area contributed by atoms with Gasteiger partial charge in [-0.2, -0.15) is 5.26 Å². The molecule has 0 aromatic carbocycles. The molecule has 0 saturated carbocycles. The maximum atomic E-state index is 8.95. The van der Waals surface area contributed by atoms with Crippen LogP contribution < -0.4 is 0 Å². The molecule has 0 radical (unpaired) electrons. The molecule has 1 aliphatic heterocycles. The second kappa shape index (κ2) is 4.29. The summed E-state index contributed by atoms with van der Waals surface area (Å²) in [5.74, 6) is 0. The van der Waals surface area contributed by atoms with Crippen LogP contribution in [0.4, 0.5) is 0 Å². The van der Waals surface area contributed by atoms with E-state index in [1.807, 2.05) is 19.0 Å². The second-order valence-electron chi connectivity index (χ2n) is 3.76. The fourth-order valence-electron chi connectivity index (χ4n) is 1.62. The van der Waals surface area contributed by atoms with Crippen molar-refractivity contribution in [3.8, 4) is 6.07 Å². The first kappa shape index (κ1) is 10.1. The van der Waals surface area contributed by atoms with Crippen LogP contribution in [0.15, 0.2) is 11.3 Å². The Morgan fingerprint density at radius 1 is 1.38 bits per heavy atom. The summed E-state index contributed by atoms with van der Waals surface area (Å²) in [4.78, 5) is 4.22. The zero-order chi connectivity index (χ0) is 9.84. The van der Waals surface area contributed by atoms with Crippen molar-refractivity contribution in [3.63, 3.8) is 0 Å². The summed E-state index contributed by atoms with van der Waals surface area (Å²) in [5.41, 5.74) is 2.17. The Morgan fingerprint density at radius 3 is 2.31 bits per heavy atom. The predicted octanol–water partition coefficient (Wildman–Crippen LogP) is 1.05. The van der Waals surface area contributed by atoms with Crippen molar-refractivity contribution < 1.29 is 0 Å². The molecular weight excluding hydrogens is 162 g/mol. The van der Waals surface area contributed by atoms with Gasteiger partial charge in [-0.1, -0.05) is 0 Å². The van der Waals surface area contributed by atoms with Crippen LogP contribution in [0.1, 0.15) is 12.8 Å². The lowest BCUT2D eigenvalue weighted by molar-refractivity contribution is 0.308. The standard InChI is InChI=1S/C10H17N3/c1-12(2)10(8-11)9-4-6-13(3)7-5-9/h4-7H2,1-3H3. The molecule has 0 atom stereocenters. The van der Waals surface area contributed by atoms with E-state index < -0.39 is 0 Å². The van der Waals surface area contributed by atoms with Crippen molar-refractivity contribution in [2.45, 2.75) is 12.8 Å². The molecule has 0 spiro atoms. The molecule has 0 aromatic rings. The van der Waals surface area contributed by atoms with Gasteiger partial charge in [-0.3, -0.25) is 0 Å². The van der Waals surface area contributed by atoms with Crippen molar-refractivity contribution in [2.24, 2.45) is 0 Å². The van der Waals surface area contributed by atoms with Crippen molar-refractivity contribution in [3.05, 3.63) is 11.3 Å². The van der Waals surface area contributed by atoms with Crippen LogP contribution in [0.3, 0.4) is 0 Å². The number of piperidine rings is 1. The maximum Gasteiger partial charge on any atom is 0.117 e. The smallest absolute Gasteiger partial charge is 0.117 e. The number of hydrogen-bond acceptors (Lipinski definition) is 3. The summed E-state index contributed by atoms with van der Waals surface area (Å²) in [5, 5.41) is 8.95. The van der Waals surface area contributed by atoms with Gasteiger partial charge in [-0.05, 0) is 25.5 Å². The first-order chi connectivity index (χ1) is 6.15. The predicted molar refractivity (Wildman–Crippen MR) is 53.1 cm³/mol. The molecule has 1 fully saturated rings. The second-order valence-corrected chi connectivity index (χ2v) is 3.76. The number of nitrogens with zero attached hydrogens (tertiary/aromatic N) is 3. The average Bonchev–Trinajstić information content (AvgIpc) is 2.09. The Morgan fingerprint density at radius 2 is 1.92 bits per heavy atom. The van der Waals surface area contributed by atoms with E-state index in [1.165, 1.54) is 5.57 Å². The van der Waals surface area contributed by atoms with Crippen molar-refractivity contribution >= 4 is 0 Å². The summed E-state index contributed by atoms with van der Waals surface area (Å²) in [6.07, 6.45) is 2.08. The topological polar surface area (TPSA) is 30.3 Å². The van der Waals surface area contributed by atoms with E-state index in [-0.39, 0.29) is 0 Å². The van der Waals surface area contributed by atoms with Gasteiger partial charge in [0, 0.05) is 27.2 Å². The SMILES string of the molecule is CN1CCC(=C(C#N)N(C)C)CC1. The molecule has 1 saturated heterocycles. The minimum Gasteiger partial charge on any atom is -0.369 e. The Hall–Kier alpha value is -1.01. The van der Waals surface area contributed by atoms with Gasteiger partial charge in [0.1, 0.15) is 11.8 Å². The normalized spacial score (nSPS) is 18.2. The summed E-state index contributed by atoms with van der Waals surface area (Å²) < 4.78 is 0. The van der Waals surface area contributed by atoms with E-state index in [0.29, 0.717) is 0 Å². The lowest BCUT2D eigenvalue weighted by Gasteiger charge is -2.26. The molecular formula is C10H17N3. The number of rotatable bonds is 1. The number of allylic oxidation sites excluding steroid dienone is 1. The molecule has 0 aromatic heterocycles. The van der Waals surface area contributed by atoms with Crippen LogP contribution in [0, 0.1) is 11.3 Å². The zero-order valence-electron chi connectivity index (χ0n) is 8.67. The van der Waals surface area contributed by atoms with Crippen LogP contribution in [-0.2, 0) is 0 Å². The summed E-state index contributed by atoms with van der Waals surface area (Å²) in [7, 11) is 5.99. The third-order valence-corrected chi connectivity index (χ3v) is 2.48. The lowest BCUT2D eigenvalue weighted by Crippen LogP contribution is -2.28. The lowest BCUT2D eigenvalue weighted by atomic mass is 10.0. The third-order valence-electron chi connectivity index (χ3n) is 2.48. The molecule has 3 nitrogen and oxygen atoms in total. The largest absolute Gasteiger partial charge is 0.369 e. The van der Waals surface area contributed by atoms with Gasteiger partial charge in [0.05, 0.1) is 0 Å². The highest BCUT2D eigenvalue weighted by Crippen LogP contribution is 2.19. The molecule has 72 valence electrons. The minimum atomic E-state index is 0.855. The van der Waals surface area contributed by atoms with Crippen LogP contribution in [0.2, 0.25) is 0 Å². The fraction of sp³-hybridized carbons (Fsp3) is 0.700. The van der Waals surface area contributed by atoms with Crippen molar-refractivity contribution in [1.29, 1.82) is 5.26 Å². The average molecular weight is 179 g/mol. The van der Waals surface area contributed by atoms with Crippen molar-refractivity contribution in [1.82, 2.24) is 9.80 Å². The van der Waals surface area contributed by atoms with Gasteiger partial charge >= 0.3 is 0 Å². The summed E-state index contributed by atoms with van der Waals surface area (Å²) in [6, 6.07) is 2.27. The third kappa shape index (κ3) is 2.46. The Balaban J connectivity index is 2.74. The highest BCUT2D eigenvalue weighted by atomic mass is 15.1. The number of nitriles is 1. The Bertz CT molecular complexity index is 237. The molecule has 13 heavy (non-hydrogen) atoms. The van der Waals surface area contributed by atoms with Crippen LogP contribution in [0.25, 0.3) is 0 Å². The highest BCUT2D eigenvalue weighted by molar-refractivity contribution is 5.27. The monoisotopic (exact) mass is 179 g/mol. The van der Waals surface area contributed by atoms with Gasteiger partial charge in [0.2, 0.25) is 0 Å². The first-order valence-electron chi connectivity index (χ1n) is 4.63. The van der Waals surface area contributed by atoms with Crippen LogP contribution >= 0.6 is 0 Å². The maximum absolute atomic E-state index is 8.95.